The number of piperidine rings is 1. The number of likely N-dealkylation sites (tertiary alicyclic amines) is 1. The Morgan fingerprint density at radius 3 is 1.17 bits per heavy atom. The van der Waals surface area contributed by atoms with Gasteiger partial charge in [0.05, 0.1) is 16.7 Å². The molecule has 0 aliphatic carbocycles. The summed E-state index contributed by atoms with van der Waals surface area (Å²) >= 11 is 0. The molecular formula is C49H48F3NO6. The second-order valence-corrected chi connectivity index (χ2v) is 13.9. The number of carbonyl (C=O) groups is 3. The van der Waals surface area contributed by atoms with E-state index in [0.717, 1.165) is 62.9 Å². The van der Waals surface area contributed by atoms with Gasteiger partial charge in [-0.2, -0.15) is 0 Å². The summed E-state index contributed by atoms with van der Waals surface area (Å²) in [5.74, 6) is -2.51. The molecule has 1 saturated heterocycles. The van der Waals surface area contributed by atoms with E-state index in [1.807, 2.05) is 36.4 Å². The maximum Gasteiger partial charge on any atom is 0.335 e. The van der Waals surface area contributed by atoms with Crippen molar-refractivity contribution in [3.8, 4) is 0 Å². The van der Waals surface area contributed by atoms with Crippen molar-refractivity contribution in [2.24, 2.45) is 5.92 Å². The van der Waals surface area contributed by atoms with Gasteiger partial charge in [0.1, 0.15) is 17.5 Å². The molecule has 0 spiro atoms. The van der Waals surface area contributed by atoms with E-state index in [9.17, 15) is 27.6 Å². The molecule has 0 radical (unpaired) electrons. The Kier molecular flexibility index (Phi) is 18.6. The first-order chi connectivity index (χ1) is 28.5. The minimum atomic E-state index is -0.879. The lowest BCUT2D eigenvalue weighted by molar-refractivity contribution is 0.0686. The minimum absolute atomic E-state index is 0.132. The summed E-state index contributed by atoms with van der Waals surface area (Å²) in [6.45, 7) is 3.20. The molecule has 306 valence electrons. The van der Waals surface area contributed by atoms with Crippen LogP contribution in [0.2, 0.25) is 0 Å². The summed E-state index contributed by atoms with van der Waals surface area (Å²) in [7, 11) is 0. The number of aromatic carboxylic acids is 3. The van der Waals surface area contributed by atoms with Crippen molar-refractivity contribution >= 4 is 17.9 Å². The van der Waals surface area contributed by atoms with Gasteiger partial charge in [0.15, 0.2) is 0 Å². The highest BCUT2D eigenvalue weighted by Crippen LogP contribution is 2.30. The maximum atomic E-state index is 13.4. The van der Waals surface area contributed by atoms with Gasteiger partial charge in [0.25, 0.3) is 0 Å². The average Bonchev–Trinajstić information content (AvgIpc) is 3.26. The SMILES string of the molecule is Fc1ccc(CC2CCN(CCCC(c3ccc(F)cc3)c3ccc(F)cc3)CC2)cc1.O=C(O)c1ccccc1.O=C(O)c1ccccc1.O=C(O)c1ccccc1. The van der Waals surface area contributed by atoms with Gasteiger partial charge in [-0.25, -0.2) is 27.6 Å². The summed E-state index contributed by atoms with van der Waals surface area (Å²) in [5, 5.41) is 25.2. The van der Waals surface area contributed by atoms with E-state index in [0.29, 0.717) is 22.6 Å². The average molecular weight is 804 g/mol. The second-order valence-electron chi connectivity index (χ2n) is 13.9. The molecule has 1 heterocycles. The van der Waals surface area contributed by atoms with Crippen molar-refractivity contribution in [1.29, 1.82) is 0 Å². The first-order valence-electron chi connectivity index (χ1n) is 19.3. The van der Waals surface area contributed by atoms with Gasteiger partial charge in [0, 0.05) is 5.92 Å². The van der Waals surface area contributed by atoms with E-state index in [2.05, 4.69) is 4.90 Å². The molecule has 7 nitrogen and oxygen atoms in total. The normalized spacial score (nSPS) is 12.4. The van der Waals surface area contributed by atoms with E-state index in [1.165, 1.54) is 29.8 Å². The van der Waals surface area contributed by atoms with E-state index in [1.54, 1.807) is 103 Å². The summed E-state index contributed by atoms with van der Waals surface area (Å²) in [4.78, 5) is 33.1. The molecule has 10 heteroatoms. The Labute approximate surface area is 343 Å². The molecule has 1 fully saturated rings. The Morgan fingerprint density at radius 2 is 0.847 bits per heavy atom. The van der Waals surface area contributed by atoms with Crippen LogP contribution in [0.4, 0.5) is 13.2 Å². The van der Waals surface area contributed by atoms with Crippen LogP contribution in [0.3, 0.4) is 0 Å². The van der Waals surface area contributed by atoms with Gasteiger partial charge >= 0.3 is 17.9 Å². The highest BCUT2D eigenvalue weighted by molar-refractivity contribution is 5.88. The standard InChI is InChI=1S/C28H30F3N.3C7H6O2/c29-25-9-3-21(4-10-25)20-22-15-18-32(19-16-22)17-1-2-28(23-5-11-26(30)12-6-23)24-7-13-27(31)14-8-24;3*8-7(9)6-4-2-1-3-5-6/h3-14,22,28H,1-2,15-20H2;3*1-5H,(H,8,9). The third-order valence-electron chi connectivity index (χ3n) is 9.72. The predicted molar refractivity (Wildman–Crippen MR) is 223 cm³/mol. The quantitative estimate of drug-likeness (QED) is 0.119. The van der Waals surface area contributed by atoms with Gasteiger partial charge in [0.2, 0.25) is 0 Å². The number of benzene rings is 6. The Bertz CT molecular complexity index is 1960. The van der Waals surface area contributed by atoms with Crippen LogP contribution in [0.25, 0.3) is 0 Å². The topological polar surface area (TPSA) is 115 Å². The summed E-state index contributed by atoms with van der Waals surface area (Å²) in [6.07, 6.45) is 5.31. The third-order valence-corrected chi connectivity index (χ3v) is 9.72. The van der Waals surface area contributed by atoms with Crippen molar-refractivity contribution in [2.45, 2.75) is 38.0 Å². The molecule has 0 amide bonds. The summed E-state index contributed by atoms with van der Waals surface area (Å²) < 4.78 is 39.9. The fraction of sp³-hybridized carbons (Fsp3) is 0.204. The number of hydrogen-bond acceptors (Lipinski definition) is 4. The molecule has 0 saturated carbocycles. The van der Waals surface area contributed by atoms with E-state index in [4.69, 9.17) is 15.3 Å². The molecule has 0 atom stereocenters. The van der Waals surface area contributed by atoms with Crippen molar-refractivity contribution in [3.05, 3.63) is 215 Å². The molecule has 7 rings (SSSR count). The Balaban J connectivity index is 0.000000228. The molecule has 59 heavy (non-hydrogen) atoms. The second kappa shape index (κ2) is 24.3. The first kappa shape index (κ1) is 45.2. The molecule has 6 aromatic carbocycles. The lowest BCUT2D eigenvalue weighted by Gasteiger charge is -2.32. The highest BCUT2D eigenvalue weighted by atomic mass is 19.1. The fourth-order valence-electron chi connectivity index (χ4n) is 6.55. The zero-order valence-corrected chi connectivity index (χ0v) is 32.5. The van der Waals surface area contributed by atoms with E-state index in [-0.39, 0.29) is 23.4 Å². The predicted octanol–water partition coefficient (Wildman–Crippen LogP) is 11.1. The molecule has 1 aliphatic heterocycles. The number of nitrogens with zero attached hydrogens (tertiary/aromatic N) is 1. The lowest BCUT2D eigenvalue weighted by atomic mass is 9.87. The summed E-state index contributed by atoms with van der Waals surface area (Å²) in [5.41, 5.74) is 4.34. The molecule has 3 N–H and O–H groups in total. The van der Waals surface area contributed by atoms with Gasteiger partial charge in [-0.3, -0.25) is 0 Å². The van der Waals surface area contributed by atoms with Crippen LogP contribution < -0.4 is 0 Å². The number of hydrogen-bond donors (Lipinski definition) is 3. The molecule has 1 aliphatic rings. The highest BCUT2D eigenvalue weighted by Gasteiger charge is 2.21. The van der Waals surface area contributed by atoms with Gasteiger partial charge in [-0.15, -0.1) is 0 Å². The van der Waals surface area contributed by atoms with Crippen LogP contribution >= 0.6 is 0 Å². The van der Waals surface area contributed by atoms with Crippen LogP contribution in [0.1, 0.15) is 79.4 Å². The van der Waals surface area contributed by atoms with Crippen LogP contribution in [-0.2, 0) is 6.42 Å². The van der Waals surface area contributed by atoms with Gasteiger partial charge < -0.3 is 20.2 Å². The van der Waals surface area contributed by atoms with Gasteiger partial charge in [-0.05, 0) is 147 Å². The molecule has 0 unspecified atom stereocenters. The zero-order chi connectivity index (χ0) is 42.4. The first-order valence-corrected chi connectivity index (χ1v) is 19.3. The smallest absolute Gasteiger partial charge is 0.335 e. The van der Waals surface area contributed by atoms with Gasteiger partial charge in [-0.1, -0.05) is 91.0 Å². The number of halogens is 3. The Morgan fingerprint density at radius 1 is 0.508 bits per heavy atom. The zero-order valence-electron chi connectivity index (χ0n) is 32.5. The number of carboxylic acids is 3. The van der Waals surface area contributed by atoms with E-state index >= 15 is 0 Å². The largest absolute Gasteiger partial charge is 0.478 e. The fourth-order valence-corrected chi connectivity index (χ4v) is 6.55. The van der Waals surface area contributed by atoms with E-state index < -0.39 is 17.9 Å². The third kappa shape index (κ3) is 16.5. The number of carboxylic acid groups (broad SMARTS) is 3. The van der Waals surface area contributed by atoms with Crippen molar-refractivity contribution < 1.29 is 42.9 Å². The lowest BCUT2D eigenvalue weighted by Crippen LogP contribution is -2.35. The summed E-state index contributed by atoms with van der Waals surface area (Å²) in [6, 6.07) is 45.1. The van der Waals surface area contributed by atoms with Crippen LogP contribution in [0, 0.1) is 23.4 Å². The monoisotopic (exact) mass is 803 g/mol. The minimum Gasteiger partial charge on any atom is -0.478 e. The molecular weight excluding hydrogens is 756 g/mol. The molecule has 0 bridgehead atoms. The van der Waals surface area contributed by atoms with Crippen LogP contribution in [0.15, 0.2) is 164 Å². The number of rotatable bonds is 11. The maximum absolute atomic E-state index is 13.4. The van der Waals surface area contributed by atoms with Crippen LogP contribution in [-0.4, -0.2) is 57.8 Å². The van der Waals surface area contributed by atoms with Crippen molar-refractivity contribution in [3.63, 3.8) is 0 Å². The van der Waals surface area contributed by atoms with Crippen molar-refractivity contribution in [2.75, 3.05) is 19.6 Å². The van der Waals surface area contributed by atoms with Crippen LogP contribution in [0.5, 0.6) is 0 Å². The van der Waals surface area contributed by atoms with Crippen molar-refractivity contribution in [1.82, 2.24) is 4.90 Å². The molecule has 0 aromatic heterocycles. The Hall–Kier alpha value is -6.52. The molecule has 6 aromatic rings.